The fourth-order valence-electron chi connectivity index (χ4n) is 2.54. The van der Waals surface area contributed by atoms with Crippen LogP contribution in [0.4, 0.5) is 16.3 Å². The van der Waals surface area contributed by atoms with Crippen molar-refractivity contribution < 1.29 is 14.5 Å². The summed E-state index contributed by atoms with van der Waals surface area (Å²) in [5, 5.41) is 16.1. The van der Waals surface area contributed by atoms with Gasteiger partial charge in [-0.2, -0.15) is 0 Å². The number of carbonyl (C=O) groups excluding carboxylic acids is 1. The number of amides is 1. The third-order valence-corrected chi connectivity index (χ3v) is 4.71. The van der Waals surface area contributed by atoms with E-state index >= 15 is 0 Å². The number of nitro groups is 1. The number of carbonyl (C=O) groups is 1. The number of alkyl carbamates (subject to hydrolysis) is 1. The van der Waals surface area contributed by atoms with Crippen molar-refractivity contribution in [2.75, 3.05) is 18.0 Å². The van der Waals surface area contributed by atoms with E-state index in [2.05, 4.69) is 15.2 Å². The fourth-order valence-corrected chi connectivity index (χ4v) is 3.28. The van der Waals surface area contributed by atoms with Gasteiger partial charge in [0, 0.05) is 30.6 Å². The molecule has 25 heavy (non-hydrogen) atoms. The number of hydrogen-bond acceptors (Lipinski definition) is 7. The Kier molecular flexibility index (Phi) is 5.44. The van der Waals surface area contributed by atoms with Crippen molar-refractivity contribution in [1.82, 2.24) is 10.3 Å². The van der Waals surface area contributed by atoms with Gasteiger partial charge in [-0.1, -0.05) is 0 Å². The summed E-state index contributed by atoms with van der Waals surface area (Å²) in [6.45, 7) is 2.44. The molecule has 9 heteroatoms. The third kappa shape index (κ3) is 4.66. The molecular formula is C16H18N4O4S. The van der Waals surface area contributed by atoms with E-state index in [4.69, 9.17) is 4.74 Å². The van der Waals surface area contributed by atoms with Crippen LogP contribution in [0.25, 0.3) is 0 Å². The van der Waals surface area contributed by atoms with Crippen molar-refractivity contribution in [1.29, 1.82) is 0 Å². The molecule has 8 nitrogen and oxygen atoms in total. The van der Waals surface area contributed by atoms with Gasteiger partial charge in [-0.25, -0.2) is 9.78 Å². The number of hydrogen-bond donors (Lipinski definition) is 1. The Hall–Kier alpha value is -2.68. The van der Waals surface area contributed by atoms with Gasteiger partial charge in [0.05, 0.1) is 11.5 Å². The number of non-ortho nitro benzene ring substituents is 1. The van der Waals surface area contributed by atoms with Gasteiger partial charge in [-0.3, -0.25) is 10.1 Å². The first-order chi connectivity index (χ1) is 12.1. The molecule has 1 amide bonds. The molecule has 0 unspecified atom stereocenters. The van der Waals surface area contributed by atoms with E-state index in [9.17, 15) is 14.9 Å². The van der Waals surface area contributed by atoms with Crippen LogP contribution in [-0.2, 0) is 17.9 Å². The second kappa shape index (κ2) is 7.93. The summed E-state index contributed by atoms with van der Waals surface area (Å²) in [5.41, 5.74) is 0.692. The minimum absolute atomic E-state index is 0.00535. The molecule has 2 aromatic rings. The summed E-state index contributed by atoms with van der Waals surface area (Å²) in [6, 6.07) is 5.89. The van der Waals surface area contributed by atoms with Gasteiger partial charge in [0.1, 0.15) is 17.4 Å². The lowest BCUT2D eigenvalue weighted by Gasteiger charge is -2.12. The van der Waals surface area contributed by atoms with E-state index in [1.54, 1.807) is 12.1 Å². The highest BCUT2D eigenvalue weighted by Gasteiger charge is 2.15. The first-order valence-corrected chi connectivity index (χ1v) is 8.83. The van der Waals surface area contributed by atoms with Gasteiger partial charge in [0.25, 0.3) is 5.69 Å². The number of thiazole rings is 1. The van der Waals surface area contributed by atoms with E-state index in [0.29, 0.717) is 12.1 Å². The Morgan fingerprint density at radius 3 is 2.72 bits per heavy atom. The predicted molar refractivity (Wildman–Crippen MR) is 93.7 cm³/mol. The lowest BCUT2D eigenvalue weighted by Crippen LogP contribution is -2.24. The summed E-state index contributed by atoms with van der Waals surface area (Å²) in [6.07, 6.45) is 1.84. The van der Waals surface area contributed by atoms with Crippen LogP contribution in [-0.4, -0.2) is 29.1 Å². The van der Waals surface area contributed by atoms with E-state index < -0.39 is 11.0 Å². The fraction of sp³-hybridized carbons (Fsp3) is 0.375. The summed E-state index contributed by atoms with van der Waals surface area (Å²) < 4.78 is 5.10. The van der Waals surface area contributed by atoms with Crippen molar-refractivity contribution in [2.24, 2.45) is 0 Å². The maximum atomic E-state index is 11.8. The minimum atomic E-state index is -0.545. The standard InChI is InChI=1S/C16H18N4O4S/c21-16(24-10-12-3-5-13(6-4-12)20(22)23)17-9-15-18-14(11-25-15)19-7-1-2-8-19/h3-6,11H,1-2,7-10H2,(H,17,21). The third-order valence-electron chi connectivity index (χ3n) is 3.87. The van der Waals surface area contributed by atoms with E-state index in [1.165, 1.54) is 36.3 Å². The molecule has 1 N–H and O–H groups in total. The van der Waals surface area contributed by atoms with Crippen LogP contribution in [0.15, 0.2) is 29.6 Å². The molecule has 1 saturated heterocycles. The molecule has 0 aliphatic carbocycles. The molecule has 1 aromatic carbocycles. The topological polar surface area (TPSA) is 97.6 Å². The first-order valence-electron chi connectivity index (χ1n) is 7.95. The Morgan fingerprint density at radius 2 is 2.04 bits per heavy atom. The van der Waals surface area contributed by atoms with Gasteiger partial charge in [-0.15, -0.1) is 11.3 Å². The molecule has 1 aliphatic heterocycles. The van der Waals surface area contributed by atoms with Gasteiger partial charge in [-0.05, 0) is 30.5 Å². The summed E-state index contributed by atoms with van der Waals surface area (Å²) >= 11 is 1.51. The average molecular weight is 362 g/mol. The maximum Gasteiger partial charge on any atom is 0.407 e. The zero-order valence-electron chi connectivity index (χ0n) is 13.5. The molecule has 0 radical (unpaired) electrons. The van der Waals surface area contributed by atoms with Gasteiger partial charge < -0.3 is 15.0 Å². The molecule has 3 rings (SSSR count). The Bertz CT molecular complexity index is 741. The number of nitrogens with zero attached hydrogens (tertiary/aromatic N) is 3. The Balaban J connectivity index is 1.42. The summed E-state index contributed by atoms with van der Waals surface area (Å²) in [4.78, 5) is 28.6. The van der Waals surface area contributed by atoms with Crippen molar-refractivity contribution in [3.05, 3.63) is 50.3 Å². The smallest absolute Gasteiger partial charge is 0.407 e. The number of rotatable bonds is 6. The Morgan fingerprint density at radius 1 is 1.32 bits per heavy atom. The normalized spacial score (nSPS) is 13.7. The number of benzene rings is 1. The number of anilines is 1. The van der Waals surface area contributed by atoms with Crippen LogP contribution >= 0.6 is 11.3 Å². The van der Waals surface area contributed by atoms with Crippen LogP contribution in [0, 0.1) is 10.1 Å². The second-order valence-corrected chi connectivity index (χ2v) is 6.59. The highest BCUT2D eigenvalue weighted by molar-refractivity contribution is 7.10. The average Bonchev–Trinajstić information content (AvgIpc) is 3.29. The monoisotopic (exact) mass is 362 g/mol. The molecule has 1 aromatic heterocycles. The van der Waals surface area contributed by atoms with Gasteiger partial charge in [0.2, 0.25) is 0 Å². The van der Waals surface area contributed by atoms with Crippen LogP contribution in [0.3, 0.4) is 0 Å². The first kappa shape index (κ1) is 17.2. The van der Waals surface area contributed by atoms with Crippen molar-refractivity contribution in [3.8, 4) is 0 Å². The van der Waals surface area contributed by atoms with E-state index in [0.717, 1.165) is 23.9 Å². The predicted octanol–water partition coefficient (Wildman–Crippen LogP) is 3.08. The van der Waals surface area contributed by atoms with Gasteiger partial charge >= 0.3 is 6.09 Å². The highest BCUT2D eigenvalue weighted by atomic mass is 32.1. The van der Waals surface area contributed by atoms with E-state index in [1.807, 2.05) is 5.38 Å². The number of nitrogens with one attached hydrogen (secondary N) is 1. The maximum absolute atomic E-state index is 11.8. The lowest BCUT2D eigenvalue weighted by molar-refractivity contribution is -0.384. The molecule has 1 aliphatic rings. The summed E-state index contributed by atoms with van der Waals surface area (Å²) in [7, 11) is 0. The zero-order valence-corrected chi connectivity index (χ0v) is 14.3. The molecule has 0 bridgehead atoms. The molecule has 1 fully saturated rings. The molecular weight excluding hydrogens is 344 g/mol. The highest BCUT2D eigenvalue weighted by Crippen LogP contribution is 2.22. The van der Waals surface area contributed by atoms with Crippen LogP contribution < -0.4 is 10.2 Å². The molecule has 0 spiro atoms. The quantitative estimate of drug-likeness (QED) is 0.626. The van der Waals surface area contributed by atoms with Crippen LogP contribution in [0.1, 0.15) is 23.4 Å². The van der Waals surface area contributed by atoms with Crippen molar-refractivity contribution >= 4 is 28.9 Å². The lowest BCUT2D eigenvalue weighted by atomic mass is 10.2. The van der Waals surface area contributed by atoms with Gasteiger partial charge in [0.15, 0.2) is 0 Å². The Labute approximate surface area is 148 Å². The molecule has 2 heterocycles. The second-order valence-electron chi connectivity index (χ2n) is 5.65. The van der Waals surface area contributed by atoms with Crippen LogP contribution in [0.5, 0.6) is 0 Å². The zero-order chi connectivity index (χ0) is 17.6. The van der Waals surface area contributed by atoms with Crippen molar-refractivity contribution in [2.45, 2.75) is 26.0 Å². The number of ether oxygens (including phenoxy) is 1. The molecule has 0 atom stereocenters. The SMILES string of the molecule is O=C(NCc1nc(N2CCCC2)cs1)OCc1ccc([N+](=O)[O-])cc1. The molecule has 0 saturated carbocycles. The van der Waals surface area contributed by atoms with Crippen molar-refractivity contribution in [3.63, 3.8) is 0 Å². The van der Waals surface area contributed by atoms with Crippen LogP contribution in [0.2, 0.25) is 0 Å². The minimum Gasteiger partial charge on any atom is -0.445 e. The summed E-state index contributed by atoms with van der Waals surface area (Å²) in [5.74, 6) is 0.971. The molecule has 132 valence electrons. The van der Waals surface area contributed by atoms with E-state index in [-0.39, 0.29) is 12.3 Å². The largest absolute Gasteiger partial charge is 0.445 e. The number of nitro benzene ring substituents is 1. The number of aromatic nitrogens is 1.